The number of carbonyl (C=O) groups is 1. The van der Waals surface area contributed by atoms with Gasteiger partial charge >= 0.3 is 0 Å². The van der Waals surface area contributed by atoms with Crippen LogP contribution in [0.25, 0.3) is 11.3 Å². The van der Waals surface area contributed by atoms with Crippen LogP contribution in [0.1, 0.15) is 41.3 Å². The summed E-state index contributed by atoms with van der Waals surface area (Å²) in [6.07, 6.45) is 6.44. The van der Waals surface area contributed by atoms with E-state index in [0.29, 0.717) is 23.2 Å². The van der Waals surface area contributed by atoms with E-state index in [9.17, 15) is 4.79 Å². The van der Waals surface area contributed by atoms with Crippen molar-refractivity contribution in [2.75, 3.05) is 11.9 Å². The number of hydrogen-bond donors (Lipinski definition) is 1. The first-order valence-corrected chi connectivity index (χ1v) is 10.1. The number of hydrogen-bond acceptors (Lipinski definition) is 5. The van der Waals surface area contributed by atoms with Crippen molar-refractivity contribution in [3.63, 3.8) is 0 Å². The molecule has 0 unspecified atom stereocenters. The lowest BCUT2D eigenvalue weighted by Gasteiger charge is -2.16. The minimum absolute atomic E-state index is 0.266. The van der Waals surface area contributed by atoms with E-state index in [4.69, 9.17) is 4.74 Å². The molecule has 0 saturated heterocycles. The van der Waals surface area contributed by atoms with E-state index in [0.717, 1.165) is 17.7 Å². The van der Waals surface area contributed by atoms with E-state index in [-0.39, 0.29) is 5.91 Å². The molecule has 2 heterocycles. The Bertz CT molecular complexity index is 968. The predicted octanol–water partition coefficient (Wildman–Crippen LogP) is 4.73. The van der Waals surface area contributed by atoms with Crippen LogP contribution in [0.2, 0.25) is 0 Å². The van der Waals surface area contributed by atoms with Crippen LogP contribution in [0.4, 0.5) is 5.13 Å². The summed E-state index contributed by atoms with van der Waals surface area (Å²) < 4.78 is 5.43. The van der Waals surface area contributed by atoms with Gasteiger partial charge in [0.1, 0.15) is 5.56 Å². The van der Waals surface area contributed by atoms with E-state index in [1.54, 1.807) is 18.3 Å². The molecule has 1 amide bonds. The number of carbonyl (C=O) groups excluding carboxylic acids is 1. The van der Waals surface area contributed by atoms with Crippen molar-refractivity contribution in [1.29, 1.82) is 0 Å². The molecule has 1 aliphatic rings. The first kappa shape index (κ1) is 17.7. The zero-order valence-electron chi connectivity index (χ0n) is 15.2. The van der Waals surface area contributed by atoms with Crippen LogP contribution in [0.5, 0.6) is 5.88 Å². The quantitative estimate of drug-likeness (QED) is 0.696. The summed E-state index contributed by atoms with van der Waals surface area (Å²) in [5.74, 6) is 0.0712. The maximum Gasteiger partial charge on any atom is 0.262 e. The van der Waals surface area contributed by atoms with E-state index in [2.05, 4.69) is 33.5 Å². The molecular formula is C21H21N3O2S. The van der Waals surface area contributed by atoms with Crippen LogP contribution in [0.15, 0.2) is 41.9 Å². The zero-order chi connectivity index (χ0) is 18.6. The van der Waals surface area contributed by atoms with E-state index in [1.807, 2.05) is 12.3 Å². The normalized spacial score (nSPS) is 13.1. The molecule has 0 radical (unpaired) electrons. The van der Waals surface area contributed by atoms with Gasteiger partial charge < -0.3 is 4.74 Å². The van der Waals surface area contributed by atoms with Crippen molar-refractivity contribution in [3.8, 4) is 17.1 Å². The second-order valence-corrected chi connectivity index (χ2v) is 7.33. The molecule has 0 fully saturated rings. The molecule has 1 N–H and O–H groups in total. The molecule has 1 aliphatic carbocycles. The summed E-state index contributed by atoms with van der Waals surface area (Å²) in [6.45, 7) is 2.32. The summed E-state index contributed by atoms with van der Waals surface area (Å²) in [6, 6.07) is 10.00. The van der Waals surface area contributed by atoms with Crippen LogP contribution >= 0.6 is 11.3 Å². The zero-order valence-corrected chi connectivity index (χ0v) is 16.0. The number of anilines is 1. The number of thiazole rings is 1. The number of fused-ring (bicyclic) bond motifs is 1. The molecule has 0 atom stereocenters. The summed E-state index contributed by atoms with van der Waals surface area (Å²) in [7, 11) is 0. The Morgan fingerprint density at radius 1 is 1.22 bits per heavy atom. The highest BCUT2D eigenvalue weighted by Gasteiger charge is 2.16. The smallest absolute Gasteiger partial charge is 0.262 e. The van der Waals surface area contributed by atoms with Crippen molar-refractivity contribution in [3.05, 3.63) is 58.6 Å². The Kier molecular flexibility index (Phi) is 5.16. The Morgan fingerprint density at radius 2 is 2.07 bits per heavy atom. The van der Waals surface area contributed by atoms with Crippen molar-refractivity contribution >= 4 is 22.4 Å². The highest BCUT2D eigenvalue weighted by Crippen LogP contribution is 2.30. The first-order valence-electron chi connectivity index (χ1n) is 9.21. The number of aryl methyl sites for hydroxylation is 2. The van der Waals surface area contributed by atoms with Gasteiger partial charge in [0.05, 0.1) is 12.3 Å². The standard InChI is InChI=1S/C21H21N3O2S/c1-2-26-20-17(8-5-11-22-20)19(25)24-21-23-18(13-27-21)16-10-9-14-6-3-4-7-15(14)12-16/h5,8-13H,2-4,6-7H2,1H3,(H,23,24,25). The number of pyridine rings is 1. The maximum absolute atomic E-state index is 12.6. The third-order valence-corrected chi connectivity index (χ3v) is 5.42. The van der Waals surface area contributed by atoms with Gasteiger partial charge in [0.15, 0.2) is 5.13 Å². The number of rotatable bonds is 5. The minimum Gasteiger partial charge on any atom is -0.477 e. The Balaban J connectivity index is 1.52. The van der Waals surface area contributed by atoms with Gasteiger partial charge in [-0.25, -0.2) is 9.97 Å². The van der Waals surface area contributed by atoms with Gasteiger partial charge in [0, 0.05) is 17.1 Å². The summed E-state index contributed by atoms with van der Waals surface area (Å²) in [5.41, 5.74) is 5.27. The van der Waals surface area contributed by atoms with Crippen LogP contribution in [-0.4, -0.2) is 22.5 Å². The van der Waals surface area contributed by atoms with Crippen LogP contribution in [0, 0.1) is 0 Å². The Labute approximate surface area is 162 Å². The topological polar surface area (TPSA) is 64.1 Å². The lowest BCUT2D eigenvalue weighted by atomic mass is 9.90. The molecule has 0 bridgehead atoms. The molecule has 0 aliphatic heterocycles. The fourth-order valence-corrected chi connectivity index (χ4v) is 4.05. The molecular weight excluding hydrogens is 358 g/mol. The monoisotopic (exact) mass is 379 g/mol. The van der Waals surface area contributed by atoms with Crippen molar-refractivity contribution in [2.45, 2.75) is 32.6 Å². The van der Waals surface area contributed by atoms with Crippen LogP contribution in [0.3, 0.4) is 0 Å². The van der Waals surface area contributed by atoms with Gasteiger partial charge in [-0.15, -0.1) is 11.3 Å². The van der Waals surface area contributed by atoms with Gasteiger partial charge in [-0.3, -0.25) is 10.1 Å². The predicted molar refractivity (Wildman–Crippen MR) is 108 cm³/mol. The SMILES string of the molecule is CCOc1ncccc1C(=O)Nc1nc(-c2ccc3c(c2)CCCC3)cs1. The summed E-state index contributed by atoms with van der Waals surface area (Å²) in [4.78, 5) is 21.3. The number of benzene rings is 1. The van der Waals surface area contributed by atoms with E-state index >= 15 is 0 Å². The molecule has 27 heavy (non-hydrogen) atoms. The fourth-order valence-electron chi connectivity index (χ4n) is 3.34. The first-order chi connectivity index (χ1) is 13.2. The maximum atomic E-state index is 12.6. The van der Waals surface area contributed by atoms with E-state index < -0.39 is 0 Å². The second-order valence-electron chi connectivity index (χ2n) is 6.47. The fraction of sp³-hybridized carbons (Fsp3) is 0.286. The largest absolute Gasteiger partial charge is 0.477 e. The molecule has 0 saturated carbocycles. The Hall–Kier alpha value is -2.73. The molecule has 6 heteroatoms. The number of nitrogens with one attached hydrogen (secondary N) is 1. The average molecular weight is 379 g/mol. The van der Waals surface area contributed by atoms with Crippen molar-refractivity contribution < 1.29 is 9.53 Å². The van der Waals surface area contributed by atoms with Gasteiger partial charge in [0.2, 0.25) is 5.88 Å². The molecule has 4 rings (SSSR count). The molecule has 3 aromatic rings. The molecule has 1 aromatic carbocycles. The van der Waals surface area contributed by atoms with Gasteiger partial charge in [-0.1, -0.05) is 12.1 Å². The molecule has 2 aromatic heterocycles. The second kappa shape index (κ2) is 7.88. The van der Waals surface area contributed by atoms with Crippen LogP contribution < -0.4 is 10.1 Å². The molecule has 138 valence electrons. The third-order valence-electron chi connectivity index (χ3n) is 4.67. The summed E-state index contributed by atoms with van der Waals surface area (Å²) >= 11 is 1.42. The van der Waals surface area contributed by atoms with Crippen molar-refractivity contribution in [1.82, 2.24) is 9.97 Å². The number of nitrogens with zero attached hydrogens (tertiary/aromatic N) is 2. The minimum atomic E-state index is -0.266. The number of ether oxygens (including phenoxy) is 1. The number of aromatic nitrogens is 2. The van der Waals surface area contributed by atoms with Crippen molar-refractivity contribution in [2.24, 2.45) is 0 Å². The lowest BCUT2D eigenvalue weighted by Crippen LogP contribution is -2.14. The van der Waals surface area contributed by atoms with Gasteiger partial charge in [-0.2, -0.15) is 0 Å². The molecule has 5 nitrogen and oxygen atoms in total. The highest BCUT2D eigenvalue weighted by atomic mass is 32.1. The molecule has 0 spiro atoms. The average Bonchev–Trinajstić information content (AvgIpc) is 3.16. The van der Waals surface area contributed by atoms with Gasteiger partial charge in [-0.05, 0) is 61.9 Å². The number of amides is 1. The Morgan fingerprint density at radius 3 is 2.93 bits per heavy atom. The van der Waals surface area contributed by atoms with Crippen LogP contribution in [-0.2, 0) is 12.8 Å². The highest BCUT2D eigenvalue weighted by molar-refractivity contribution is 7.14. The van der Waals surface area contributed by atoms with Gasteiger partial charge in [0.25, 0.3) is 5.91 Å². The van der Waals surface area contributed by atoms with E-state index in [1.165, 1.54) is 41.7 Å². The third kappa shape index (κ3) is 3.85. The lowest BCUT2D eigenvalue weighted by molar-refractivity contribution is 0.102. The summed E-state index contributed by atoms with van der Waals surface area (Å²) in [5, 5.41) is 5.41.